The van der Waals surface area contributed by atoms with Gasteiger partial charge in [0.2, 0.25) is 16.9 Å². The molecule has 0 saturated carbocycles. The Labute approximate surface area is 141 Å². The Kier molecular flexibility index (Phi) is 6.10. The first-order chi connectivity index (χ1) is 10.9. The lowest BCUT2D eigenvalue weighted by molar-refractivity contribution is -0.135. The van der Waals surface area contributed by atoms with Crippen LogP contribution < -0.4 is 5.32 Å². The molecule has 1 saturated heterocycles. The molecule has 1 fully saturated rings. The minimum absolute atomic E-state index is 0.00917. The third-order valence-corrected chi connectivity index (χ3v) is 5.21. The average Bonchev–Trinajstić information content (AvgIpc) is 2.95. The Bertz CT molecular complexity index is 548. The van der Waals surface area contributed by atoms with E-state index in [1.165, 1.54) is 11.3 Å². The van der Waals surface area contributed by atoms with Crippen LogP contribution in [0.1, 0.15) is 57.9 Å². The number of rotatable bonds is 5. The van der Waals surface area contributed by atoms with E-state index in [1.807, 2.05) is 18.7 Å². The van der Waals surface area contributed by atoms with Crippen molar-refractivity contribution in [3.63, 3.8) is 0 Å². The predicted octanol–water partition coefficient (Wildman–Crippen LogP) is 2.88. The number of hydrogen-bond donors (Lipinski definition) is 1. The Morgan fingerprint density at radius 2 is 1.87 bits per heavy atom. The van der Waals surface area contributed by atoms with Crippen LogP contribution in [-0.2, 0) is 9.59 Å². The molecule has 2 heterocycles. The molecule has 2 amide bonds. The summed E-state index contributed by atoms with van der Waals surface area (Å²) in [5.41, 5.74) is 0. The molecule has 2 rings (SSSR count). The van der Waals surface area contributed by atoms with Gasteiger partial charge in [-0.2, -0.15) is 0 Å². The van der Waals surface area contributed by atoms with Gasteiger partial charge in [-0.15, -0.1) is 10.2 Å². The molecular formula is C16H26N4O2S. The minimum Gasteiger partial charge on any atom is -0.342 e. The maximum absolute atomic E-state index is 12.1. The van der Waals surface area contributed by atoms with E-state index in [0.717, 1.165) is 30.9 Å². The second-order valence-corrected chi connectivity index (χ2v) is 7.78. The second kappa shape index (κ2) is 7.86. The molecule has 0 unspecified atom stereocenters. The van der Waals surface area contributed by atoms with Crippen molar-refractivity contribution in [3.05, 3.63) is 5.01 Å². The van der Waals surface area contributed by atoms with E-state index in [4.69, 9.17) is 0 Å². The topological polar surface area (TPSA) is 75.2 Å². The SMILES string of the molecule is CC(C)C(=O)N1CCC(CC(=O)Nc2nnc(C(C)C)s2)CC1. The van der Waals surface area contributed by atoms with E-state index in [1.54, 1.807) is 0 Å². The van der Waals surface area contributed by atoms with Crippen LogP contribution in [0, 0.1) is 11.8 Å². The van der Waals surface area contributed by atoms with Crippen molar-refractivity contribution in [2.45, 2.75) is 52.9 Å². The van der Waals surface area contributed by atoms with Gasteiger partial charge < -0.3 is 10.2 Å². The molecule has 0 aliphatic carbocycles. The zero-order chi connectivity index (χ0) is 17.0. The summed E-state index contributed by atoms with van der Waals surface area (Å²) in [5.74, 6) is 0.903. The Morgan fingerprint density at radius 3 is 2.39 bits per heavy atom. The standard InChI is InChI=1S/C16H26N4O2S/c1-10(2)14-18-19-16(23-14)17-13(21)9-12-5-7-20(8-6-12)15(22)11(3)4/h10-12H,5-9H2,1-4H3,(H,17,19,21). The summed E-state index contributed by atoms with van der Waals surface area (Å²) < 4.78 is 0. The molecule has 6 nitrogen and oxygen atoms in total. The molecular weight excluding hydrogens is 312 g/mol. The molecule has 1 aliphatic rings. The van der Waals surface area contributed by atoms with E-state index in [0.29, 0.717) is 23.4 Å². The number of anilines is 1. The lowest BCUT2D eigenvalue weighted by Gasteiger charge is -2.32. The Morgan fingerprint density at radius 1 is 1.22 bits per heavy atom. The smallest absolute Gasteiger partial charge is 0.226 e. The molecule has 1 aromatic rings. The first-order valence-electron chi connectivity index (χ1n) is 8.28. The number of carbonyl (C=O) groups is 2. The van der Waals surface area contributed by atoms with Crippen LogP contribution in [0.3, 0.4) is 0 Å². The third kappa shape index (κ3) is 4.99. The molecule has 1 aromatic heterocycles. The van der Waals surface area contributed by atoms with Crippen LogP contribution >= 0.6 is 11.3 Å². The number of hydrogen-bond acceptors (Lipinski definition) is 5. The summed E-state index contributed by atoms with van der Waals surface area (Å²) in [7, 11) is 0. The van der Waals surface area contributed by atoms with Gasteiger partial charge in [-0.3, -0.25) is 9.59 Å². The van der Waals surface area contributed by atoms with Crippen molar-refractivity contribution in [2.24, 2.45) is 11.8 Å². The Hall–Kier alpha value is -1.50. The molecule has 0 bridgehead atoms. The zero-order valence-corrected chi connectivity index (χ0v) is 15.2. The Balaban J connectivity index is 1.77. The molecule has 7 heteroatoms. The van der Waals surface area contributed by atoms with Crippen LogP contribution in [0.4, 0.5) is 5.13 Å². The van der Waals surface area contributed by atoms with Gasteiger partial charge in [0.25, 0.3) is 0 Å². The van der Waals surface area contributed by atoms with Crippen LogP contribution in [0.15, 0.2) is 0 Å². The molecule has 0 spiro atoms. The maximum Gasteiger partial charge on any atom is 0.226 e. The van der Waals surface area contributed by atoms with Crippen molar-refractivity contribution in [2.75, 3.05) is 18.4 Å². The van der Waals surface area contributed by atoms with Gasteiger partial charge >= 0.3 is 0 Å². The fourth-order valence-corrected chi connectivity index (χ4v) is 3.44. The fraction of sp³-hybridized carbons (Fsp3) is 0.750. The second-order valence-electron chi connectivity index (χ2n) is 6.78. The van der Waals surface area contributed by atoms with Crippen molar-refractivity contribution in [3.8, 4) is 0 Å². The molecule has 23 heavy (non-hydrogen) atoms. The molecule has 128 valence electrons. The molecule has 0 atom stereocenters. The highest BCUT2D eigenvalue weighted by molar-refractivity contribution is 7.15. The lowest BCUT2D eigenvalue weighted by atomic mass is 9.92. The highest BCUT2D eigenvalue weighted by Crippen LogP contribution is 2.25. The molecule has 1 aliphatic heterocycles. The number of carbonyl (C=O) groups excluding carboxylic acids is 2. The summed E-state index contributed by atoms with van der Waals surface area (Å²) in [4.78, 5) is 26.0. The minimum atomic E-state index is -0.00917. The van der Waals surface area contributed by atoms with Crippen molar-refractivity contribution in [1.82, 2.24) is 15.1 Å². The van der Waals surface area contributed by atoms with Gasteiger partial charge in [-0.25, -0.2) is 0 Å². The van der Waals surface area contributed by atoms with Gasteiger partial charge in [0, 0.05) is 31.3 Å². The summed E-state index contributed by atoms with van der Waals surface area (Å²) in [6.45, 7) is 9.47. The highest BCUT2D eigenvalue weighted by Gasteiger charge is 2.25. The average molecular weight is 338 g/mol. The van der Waals surface area contributed by atoms with Crippen LogP contribution in [0.2, 0.25) is 0 Å². The highest BCUT2D eigenvalue weighted by atomic mass is 32.1. The maximum atomic E-state index is 12.1. The van der Waals surface area contributed by atoms with Gasteiger partial charge in [-0.1, -0.05) is 39.0 Å². The van der Waals surface area contributed by atoms with E-state index < -0.39 is 0 Å². The number of likely N-dealkylation sites (tertiary alicyclic amines) is 1. The van der Waals surface area contributed by atoms with Gasteiger partial charge in [0.1, 0.15) is 5.01 Å². The number of aromatic nitrogens is 2. The third-order valence-electron chi connectivity index (χ3n) is 4.08. The van der Waals surface area contributed by atoms with Gasteiger partial charge in [0.15, 0.2) is 0 Å². The number of amides is 2. The predicted molar refractivity (Wildman–Crippen MR) is 91.4 cm³/mol. The largest absolute Gasteiger partial charge is 0.342 e. The van der Waals surface area contributed by atoms with Crippen LogP contribution in [0.5, 0.6) is 0 Å². The van der Waals surface area contributed by atoms with Crippen LogP contribution in [0.25, 0.3) is 0 Å². The fourth-order valence-electron chi connectivity index (χ4n) is 2.67. The lowest BCUT2D eigenvalue weighted by Crippen LogP contribution is -2.41. The van der Waals surface area contributed by atoms with E-state index in [-0.39, 0.29) is 17.7 Å². The number of piperidine rings is 1. The van der Waals surface area contributed by atoms with Crippen molar-refractivity contribution < 1.29 is 9.59 Å². The van der Waals surface area contributed by atoms with Gasteiger partial charge in [-0.05, 0) is 18.8 Å². The first-order valence-corrected chi connectivity index (χ1v) is 9.10. The van der Waals surface area contributed by atoms with Gasteiger partial charge in [0.05, 0.1) is 0 Å². The molecule has 0 radical (unpaired) electrons. The monoisotopic (exact) mass is 338 g/mol. The quantitative estimate of drug-likeness (QED) is 0.896. The zero-order valence-electron chi connectivity index (χ0n) is 14.3. The summed E-state index contributed by atoms with van der Waals surface area (Å²) >= 11 is 1.43. The molecule has 1 N–H and O–H groups in total. The van der Waals surface area contributed by atoms with Crippen LogP contribution in [-0.4, -0.2) is 40.0 Å². The summed E-state index contributed by atoms with van der Waals surface area (Å²) in [6, 6.07) is 0. The van der Waals surface area contributed by atoms with Crippen molar-refractivity contribution in [1.29, 1.82) is 0 Å². The molecule has 0 aromatic carbocycles. The van der Waals surface area contributed by atoms with E-state index in [9.17, 15) is 9.59 Å². The van der Waals surface area contributed by atoms with Crippen molar-refractivity contribution >= 4 is 28.3 Å². The normalized spacial score (nSPS) is 16.2. The number of nitrogens with zero attached hydrogens (tertiary/aromatic N) is 3. The summed E-state index contributed by atoms with van der Waals surface area (Å²) in [6.07, 6.45) is 2.26. The van der Waals surface area contributed by atoms with E-state index >= 15 is 0 Å². The number of nitrogens with one attached hydrogen (secondary N) is 1. The van der Waals surface area contributed by atoms with E-state index in [2.05, 4.69) is 29.4 Å². The first kappa shape index (κ1) is 17.8. The summed E-state index contributed by atoms with van der Waals surface area (Å²) in [5, 5.41) is 12.4.